The summed E-state index contributed by atoms with van der Waals surface area (Å²) in [6.45, 7) is 9.05. The van der Waals surface area contributed by atoms with Crippen molar-refractivity contribution in [2.24, 2.45) is 5.92 Å². The average molecular weight is 619 g/mol. The number of amides is 1. The molecule has 222 valence electrons. The number of morpholine rings is 1. The summed E-state index contributed by atoms with van der Waals surface area (Å²) in [4.78, 5) is 26.1. The van der Waals surface area contributed by atoms with E-state index in [0.29, 0.717) is 5.02 Å². The van der Waals surface area contributed by atoms with Crippen molar-refractivity contribution < 1.29 is 32.2 Å². The van der Waals surface area contributed by atoms with Gasteiger partial charge in [0.25, 0.3) is 5.91 Å². The Kier molecular flexibility index (Phi) is 12.4. The predicted octanol–water partition coefficient (Wildman–Crippen LogP) is 6.58. The van der Waals surface area contributed by atoms with E-state index in [1.54, 1.807) is 62.1 Å². The highest BCUT2D eigenvalue weighted by atomic mass is 35.5. The van der Waals surface area contributed by atoms with Gasteiger partial charge in [-0.1, -0.05) is 61.3 Å². The lowest BCUT2D eigenvalue weighted by Crippen LogP contribution is -2.57. The van der Waals surface area contributed by atoms with E-state index in [9.17, 15) is 27.5 Å². The smallest absolute Gasteiger partial charge is 0.306 e. The zero-order chi connectivity index (χ0) is 30.3. The van der Waals surface area contributed by atoms with Gasteiger partial charge >= 0.3 is 5.97 Å². The number of aliphatic carboxylic acids is 1. The SMILES string of the molecule is CC.CC(C)(C)S(=O)(=O)CC(C1CC1)N1C(=O)C(CC(=O)O)OCC1c1ccc(Cl)cc1.Fc1ccccc1Cl. The second-order valence-corrected chi connectivity index (χ2v) is 14.1. The van der Waals surface area contributed by atoms with Crippen LogP contribution in [-0.4, -0.2) is 59.6 Å². The fourth-order valence-electron chi connectivity index (χ4n) is 4.16. The van der Waals surface area contributed by atoms with Crippen molar-refractivity contribution in [3.63, 3.8) is 0 Å². The molecule has 3 unspecified atom stereocenters. The van der Waals surface area contributed by atoms with Gasteiger partial charge in [-0.25, -0.2) is 12.8 Å². The Balaban J connectivity index is 0.000000475. The van der Waals surface area contributed by atoms with Crippen molar-refractivity contribution in [1.82, 2.24) is 4.90 Å². The summed E-state index contributed by atoms with van der Waals surface area (Å²) in [7, 11) is -3.50. The summed E-state index contributed by atoms with van der Waals surface area (Å²) in [6.07, 6.45) is 0.105. The minimum atomic E-state index is -3.50. The van der Waals surface area contributed by atoms with Gasteiger partial charge in [-0.15, -0.1) is 0 Å². The first-order valence-electron chi connectivity index (χ1n) is 13.2. The maximum Gasteiger partial charge on any atom is 0.306 e. The molecule has 40 heavy (non-hydrogen) atoms. The first-order chi connectivity index (χ1) is 18.7. The molecule has 2 aromatic carbocycles. The van der Waals surface area contributed by atoms with E-state index in [0.717, 1.165) is 18.4 Å². The number of nitrogens with zero attached hydrogens (tertiary/aromatic N) is 1. The minimum Gasteiger partial charge on any atom is -0.481 e. The molecule has 2 aliphatic rings. The zero-order valence-corrected chi connectivity index (χ0v) is 25.8. The van der Waals surface area contributed by atoms with Gasteiger partial charge in [0.2, 0.25) is 0 Å². The summed E-state index contributed by atoms with van der Waals surface area (Å²) >= 11 is 11.3. The van der Waals surface area contributed by atoms with Gasteiger partial charge in [-0.05, 0) is 69.4 Å². The highest BCUT2D eigenvalue weighted by Crippen LogP contribution is 2.42. The van der Waals surface area contributed by atoms with Gasteiger partial charge in [0.1, 0.15) is 11.9 Å². The summed E-state index contributed by atoms with van der Waals surface area (Å²) in [5.41, 5.74) is 0.778. The molecule has 1 N–H and O–H groups in total. The third kappa shape index (κ3) is 9.16. The first-order valence-corrected chi connectivity index (χ1v) is 15.7. The van der Waals surface area contributed by atoms with Gasteiger partial charge < -0.3 is 14.7 Å². The topological polar surface area (TPSA) is 101 Å². The Hall–Kier alpha value is -2.20. The highest BCUT2D eigenvalue weighted by Gasteiger charge is 2.49. The van der Waals surface area contributed by atoms with Gasteiger partial charge in [0.05, 0.1) is 34.6 Å². The molecule has 1 saturated carbocycles. The number of carbonyl (C=O) groups excluding carboxylic acids is 1. The van der Waals surface area contributed by atoms with Crippen LogP contribution < -0.4 is 0 Å². The van der Waals surface area contributed by atoms with E-state index < -0.39 is 51.1 Å². The van der Waals surface area contributed by atoms with Crippen LogP contribution in [0.4, 0.5) is 4.39 Å². The maximum atomic E-state index is 13.3. The fourth-order valence-corrected chi connectivity index (χ4v) is 5.80. The molecule has 1 aliphatic heterocycles. The Morgan fingerprint density at radius 2 is 1.68 bits per heavy atom. The van der Waals surface area contributed by atoms with E-state index in [-0.39, 0.29) is 29.1 Å². The number of rotatable bonds is 7. The summed E-state index contributed by atoms with van der Waals surface area (Å²) < 4.78 is 42.9. The summed E-state index contributed by atoms with van der Waals surface area (Å²) in [6, 6.07) is 12.1. The number of halogens is 3. The first kappa shape index (κ1) is 34.0. The number of benzene rings is 2. The van der Waals surface area contributed by atoms with E-state index in [1.807, 2.05) is 13.8 Å². The van der Waals surface area contributed by atoms with Gasteiger partial charge in [-0.3, -0.25) is 9.59 Å². The van der Waals surface area contributed by atoms with Crippen molar-refractivity contribution in [1.29, 1.82) is 0 Å². The van der Waals surface area contributed by atoms with Crippen molar-refractivity contribution >= 4 is 44.9 Å². The standard InChI is InChI=1S/C21H28ClNO6S.C6H4ClF.C2H6/c1-21(2,3)30(27,28)12-17(14-4-5-14)23-16(13-6-8-15(22)9-7-13)11-29-18(20(23)26)10-19(24)25;7-5-3-1-2-4-6(5)8;1-2/h6-9,14,16-18H,4-5,10-12H2,1-3H3,(H,24,25);1-4H;1-2H3. The average Bonchev–Trinajstić information content (AvgIpc) is 3.73. The van der Waals surface area contributed by atoms with E-state index in [4.69, 9.17) is 27.9 Å². The summed E-state index contributed by atoms with van der Waals surface area (Å²) in [5, 5.41) is 9.90. The molecule has 1 heterocycles. The molecule has 1 saturated heterocycles. The molecular weight excluding hydrogens is 580 g/mol. The number of hydrogen-bond donors (Lipinski definition) is 1. The molecule has 0 bridgehead atoms. The lowest BCUT2D eigenvalue weighted by Gasteiger charge is -2.44. The second kappa shape index (κ2) is 14.6. The van der Waals surface area contributed by atoms with Crippen LogP contribution in [0.25, 0.3) is 0 Å². The van der Waals surface area contributed by atoms with Crippen molar-refractivity contribution in [2.45, 2.75) is 76.8 Å². The normalized spacial score (nSPS) is 20.0. The van der Waals surface area contributed by atoms with E-state index in [2.05, 4.69) is 0 Å². The van der Waals surface area contributed by atoms with Crippen LogP contribution in [0.5, 0.6) is 0 Å². The van der Waals surface area contributed by atoms with Crippen molar-refractivity contribution in [3.8, 4) is 0 Å². The lowest BCUT2D eigenvalue weighted by atomic mass is 9.98. The third-order valence-corrected chi connectivity index (χ3v) is 9.81. The number of hydrogen-bond acceptors (Lipinski definition) is 5. The molecule has 2 aromatic rings. The largest absolute Gasteiger partial charge is 0.481 e. The van der Waals surface area contributed by atoms with Crippen molar-refractivity contribution in [2.75, 3.05) is 12.4 Å². The Morgan fingerprint density at radius 3 is 2.12 bits per heavy atom. The van der Waals surface area contributed by atoms with Crippen LogP contribution in [-0.2, 0) is 24.2 Å². The molecular formula is C29H38Cl2FNO6S. The number of ether oxygens (including phenoxy) is 1. The number of carboxylic acid groups (broad SMARTS) is 1. The number of carboxylic acids is 1. The molecule has 4 rings (SSSR count). The quantitative estimate of drug-likeness (QED) is 0.376. The number of sulfone groups is 1. The molecule has 0 spiro atoms. The zero-order valence-electron chi connectivity index (χ0n) is 23.4. The van der Waals surface area contributed by atoms with E-state index >= 15 is 0 Å². The highest BCUT2D eigenvalue weighted by molar-refractivity contribution is 7.92. The van der Waals surface area contributed by atoms with Gasteiger partial charge in [0, 0.05) is 11.1 Å². The van der Waals surface area contributed by atoms with Gasteiger partial charge in [-0.2, -0.15) is 0 Å². The maximum absolute atomic E-state index is 13.3. The molecule has 0 radical (unpaired) electrons. The molecule has 0 aromatic heterocycles. The minimum absolute atomic E-state index is 0.0736. The Bertz CT molecular complexity index is 1220. The Morgan fingerprint density at radius 1 is 1.10 bits per heavy atom. The molecule has 1 aliphatic carbocycles. The lowest BCUT2D eigenvalue weighted by molar-refractivity contribution is -0.169. The van der Waals surface area contributed by atoms with Crippen LogP contribution in [0.3, 0.4) is 0 Å². The molecule has 7 nitrogen and oxygen atoms in total. The van der Waals surface area contributed by atoms with Crippen LogP contribution in [0.1, 0.15) is 65.5 Å². The summed E-state index contributed by atoms with van der Waals surface area (Å²) in [5.74, 6) is -2.05. The number of carbonyl (C=O) groups is 2. The van der Waals surface area contributed by atoms with Crippen LogP contribution >= 0.6 is 23.2 Å². The fraction of sp³-hybridized carbons (Fsp3) is 0.517. The second-order valence-electron chi connectivity index (χ2n) is 10.4. The monoisotopic (exact) mass is 617 g/mol. The van der Waals surface area contributed by atoms with Crippen LogP contribution in [0, 0.1) is 11.7 Å². The van der Waals surface area contributed by atoms with Crippen LogP contribution in [0.2, 0.25) is 10.0 Å². The third-order valence-electron chi connectivity index (χ3n) is 6.61. The van der Waals surface area contributed by atoms with E-state index in [1.165, 1.54) is 12.1 Å². The van der Waals surface area contributed by atoms with Crippen LogP contribution in [0.15, 0.2) is 48.5 Å². The van der Waals surface area contributed by atoms with Crippen molar-refractivity contribution in [3.05, 3.63) is 70.0 Å². The molecule has 1 amide bonds. The van der Waals surface area contributed by atoms with Gasteiger partial charge in [0.15, 0.2) is 9.84 Å². The molecule has 11 heteroatoms. The Labute approximate surface area is 246 Å². The molecule has 3 atom stereocenters. The predicted molar refractivity (Wildman–Crippen MR) is 156 cm³/mol. The molecule has 2 fully saturated rings.